The van der Waals surface area contributed by atoms with E-state index in [1.807, 2.05) is 0 Å². The van der Waals surface area contributed by atoms with E-state index in [0.29, 0.717) is 36.0 Å². The zero-order chi connectivity index (χ0) is 16.8. The molecule has 0 saturated carbocycles. The van der Waals surface area contributed by atoms with Crippen LogP contribution in [0.15, 0.2) is 34.9 Å². The molecule has 0 saturated heterocycles. The molecule has 2 aromatic rings. The second-order valence-electron chi connectivity index (χ2n) is 4.95. The number of amides is 2. The molecule has 0 spiro atoms. The first kappa shape index (κ1) is 16.5. The van der Waals surface area contributed by atoms with Gasteiger partial charge in [0.05, 0.1) is 7.11 Å². The normalized spacial score (nSPS) is 10.2. The summed E-state index contributed by atoms with van der Waals surface area (Å²) in [6.07, 6.45) is 0. The fourth-order valence-corrected chi connectivity index (χ4v) is 2.06. The summed E-state index contributed by atoms with van der Waals surface area (Å²) in [7, 11) is 1.54. The minimum Gasteiger partial charge on any atom is -0.497 e. The van der Waals surface area contributed by atoms with Gasteiger partial charge in [0.2, 0.25) is 5.91 Å². The molecule has 0 aliphatic heterocycles. The lowest BCUT2D eigenvalue weighted by molar-refractivity contribution is -0.116. The van der Waals surface area contributed by atoms with E-state index in [-0.39, 0.29) is 11.8 Å². The van der Waals surface area contributed by atoms with Gasteiger partial charge in [0.1, 0.15) is 11.5 Å². The molecule has 7 heteroatoms. The van der Waals surface area contributed by atoms with E-state index in [4.69, 9.17) is 9.26 Å². The van der Waals surface area contributed by atoms with Crippen molar-refractivity contribution in [3.8, 4) is 5.75 Å². The van der Waals surface area contributed by atoms with Crippen LogP contribution in [0.2, 0.25) is 0 Å². The molecule has 0 aliphatic carbocycles. The zero-order valence-electron chi connectivity index (χ0n) is 13.3. The fraction of sp³-hybridized carbons (Fsp3) is 0.312. The standard InChI is InChI=1S/C16H19N3O4/c1-11-9-15(18-23-11)19(12(2)20)8-7-17-16(21)13-5-4-6-14(10-13)22-3/h4-6,9-10H,7-8H2,1-3H3,(H,17,21). The van der Waals surface area contributed by atoms with Crippen molar-refractivity contribution in [1.82, 2.24) is 10.5 Å². The predicted octanol–water partition coefficient (Wildman–Crippen LogP) is 1.77. The second kappa shape index (κ2) is 7.44. The molecule has 0 aliphatic rings. The molecule has 2 rings (SSSR count). The van der Waals surface area contributed by atoms with Gasteiger partial charge in [0, 0.05) is 31.6 Å². The van der Waals surface area contributed by atoms with Crippen LogP contribution in [0.1, 0.15) is 23.0 Å². The Morgan fingerprint density at radius 1 is 1.35 bits per heavy atom. The van der Waals surface area contributed by atoms with Crippen LogP contribution in [0.4, 0.5) is 5.82 Å². The summed E-state index contributed by atoms with van der Waals surface area (Å²) in [5.74, 6) is 1.26. The molecule has 23 heavy (non-hydrogen) atoms. The average molecular weight is 317 g/mol. The van der Waals surface area contributed by atoms with Crippen molar-refractivity contribution >= 4 is 17.6 Å². The number of anilines is 1. The van der Waals surface area contributed by atoms with Gasteiger partial charge in [0.25, 0.3) is 5.91 Å². The van der Waals surface area contributed by atoms with Gasteiger partial charge in [0.15, 0.2) is 5.82 Å². The van der Waals surface area contributed by atoms with E-state index in [0.717, 1.165) is 0 Å². The minimum atomic E-state index is -0.233. The lowest BCUT2D eigenvalue weighted by atomic mass is 10.2. The van der Waals surface area contributed by atoms with Gasteiger partial charge < -0.3 is 14.6 Å². The molecular formula is C16H19N3O4. The van der Waals surface area contributed by atoms with Crippen LogP contribution in [-0.2, 0) is 4.79 Å². The summed E-state index contributed by atoms with van der Waals surface area (Å²) in [6, 6.07) is 8.53. The zero-order valence-corrected chi connectivity index (χ0v) is 13.3. The molecule has 2 amide bonds. The Balaban J connectivity index is 1.94. The third-order valence-electron chi connectivity index (χ3n) is 3.23. The number of ether oxygens (including phenoxy) is 1. The van der Waals surface area contributed by atoms with Crippen molar-refractivity contribution in [2.45, 2.75) is 13.8 Å². The van der Waals surface area contributed by atoms with Gasteiger partial charge in [-0.05, 0) is 25.1 Å². The van der Waals surface area contributed by atoms with Crippen molar-refractivity contribution in [1.29, 1.82) is 0 Å². The molecule has 1 aromatic carbocycles. The van der Waals surface area contributed by atoms with E-state index in [2.05, 4.69) is 10.5 Å². The predicted molar refractivity (Wildman–Crippen MR) is 84.6 cm³/mol. The number of carbonyl (C=O) groups is 2. The number of aryl methyl sites for hydroxylation is 1. The second-order valence-corrected chi connectivity index (χ2v) is 4.95. The Labute approximate surface area is 134 Å². The summed E-state index contributed by atoms with van der Waals surface area (Å²) in [4.78, 5) is 25.2. The molecule has 1 heterocycles. The van der Waals surface area contributed by atoms with E-state index >= 15 is 0 Å². The number of nitrogens with one attached hydrogen (secondary N) is 1. The SMILES string of the molecule is COc1cccc(C(=O)NCCN(C(C)=O)c2cc(C)on2)c1. The van der Waals surface area contributed by atoms with Gasteiger partial charge in [-0.25, -0.2) is 0 Å². The van der Waals surface area contributed by atoms with Crippen molar-refractivity contribution in [3.63, 3.8) is 0 Å². The Morgan fingerprint density at radius 3 is 2.74 bits per heavy atom. The molecule has 0 unspecified atom stereocenters. The monoisotopic (exact) mass is 317 g/mol. The Hall–Kier alpha value is -2.83. The largest absolute Gasteiger partial charge is 0.497 e. The van der Waals surface area contributed by atoms with Gasteiger partial charge >= 0.3 is 0 Å². The van der Waals surface area contributed by atoms with Gasteiger partial charge in [-0.2, -0.15) is 0 Å². The lowest BCUT2D eigenvalue weighted by Gasteiger charge is -2.17. The highest BCUT2D eigenvalue weighted by atomic mass is 16.5. The number of nitrogens with zero attached hydrogens (tertiary/aromatic N) is 2. The van der Waals surface area contributed by atoms with Crippen LogP contribution in [0.5, 0.6) is 5.75 Å². The molecule has 7 nitrogen and oxygen atoms in total. The molecule has 0 radical (unpaired) electrons. The number of methoxy groups -OCH3 is 1. The molecule has 0 fully saturated rings. The topological polar surface area (TPSA) is 84.7 Å². The Bertz CT molecular complexity index is 696. The maximum atomic E-state index is 12.1. The number of rotatable bonds is 6. The fourth-order valence-electron chi connectivity index (χ4n) is 2.06. The Kier molecular flexibility index (Phi) is 5.35. The lowest BCUT2D eigenvalue weighted by Crippen LogP contribution is -2.37. The van der Waals surface area contributed by atoms with E-state index in [1.54, 1.807) is 44.4 Å². The van der Waals surface area contributed by atoms with Crippen molar-refractivity contribution in [3.05, 3.63) is 41.7 Å². The van der Waals surface area contributed by atoms with Gasteiger partial charge in [-0.1, -0.05) is 11.2 Å². The van der Waals surface area contributed by atoms with Gasteiger partial charge in [-0.3, -0.25) is 14.5 Å². The van der Waals surface area contributed by atoms with Crippen LogP contribution < -0.4 is 15.0 Å². The van der Waals surface area contributed by atoms with E-state index in [9.17, 15) is 9.59 Å². The highest BCUT2D eigenvalue weighted by molar-refractivity contribution is 5.95. The first-order chi connectivity index (χ1) is 11.0. The van der Waals surface area contributed by atoms with Crippen molar-refractivity contribution in [2.24, 2.45) is 0 Å². The van der Waals surface area contributed by atoms with Crippen LogP contribution in [0, 0.1) is 6.92 Å². The molecule has 122 valence electrons. The van der Waals surface area contributed by atoms with Crippen molar-refractivity contribution in [2.75, 3.05) is 25.1 Å². The molecule has 0 atom stereocenters. The summed E-state index contributed by atoms with van der Waals surface area (Å²) in [5, 5.41) is 6.58. The maximum absolute atomic E-state index is 12.1. The highest BCUT2D eigenvalue weighted by Gasteiger charge is 2.15. The van der Waals surface area contributed by atoms with E-state index < -0.39 is 0 Å². The summed E-state index contributed by atoms with van der Waals surface area (Å²) in [5.41, 5.74) is 0.496. The third kappa shape index (κ3) is 4.32. The maximum Gasteiger partial charge on any atom is 0.251 e. The quantitative estimate of drug-likeness (QED) is 0.878. The number of carbonyl (C=O) groups excluding carboxylic acids is 2. The van der Waals surface area contributed by atoms with Crippen LogP contribution in [-0.4, -0.2) is 37.2 Å². The van der Waals surface area contributed by atoms with Gasteiger partial charge in [-0.15, -0.1) is 0 Å². The molecular weight excluding hydrogens is 298 g/mol. The van der Waals surface area contributed by atoms with E-state index in [1.165, 1.54) is 11.8 Å². The van der Waals surface area contributed by atoms with Crippen molar-refractivity contribution < 1.29 is 18.8 Å². The highest BCUT2D eigenvalue weighted by Crippen LogP contribution is 2.14. The first-order valence-electron chi connectivity index (χ1n) is 7.15. The summed E-state index contributed by atoms with van der Waals surface area (Å²) in [6.45, 7) is 3.78. The van der Waals surface area contributed by atoms with Crippen LogP contribution >= 0.6 is 0 Å². The van der Waals surface area contributed by atoms with Crippen LogP contribution in [0.3, 0.4) is 0 Å². The average Bonchev–Trinajstić information content (AvgIpc) is 2.97. The number of hydrogen-bond donors (Lipinski definition) is 1. The molecule has 1 N–H and O–H groups in total. The number of hydrogen-bond acceptors (Lipinski definition) is 5. The molecule has 1 aromatic heterocycles. The molecule has 0 bridgehead atoms. The van der Waals surface area contributed by atoms with Crippen LogP contribution in [0.25, 0.3) is 0 Å². The summed E-state index contributed by atoms with van der Waals surface area (Å²) < 4.78 is 10.1. The minimum absolute atomic E-state index is 0.172. The first-order valence-corrected chi connectivity index (χ1v) is 7.15. The number of aromatic nitrogens is 1. The third-order valence-corrected chi connectivity index (χ3v) is 3.23. The smallest absolute Gasteiger partial charge is 0.251 e. The summed E-state index contributed by atoms with van der Waals surface area (Å²) >= 11 is 0. The Morgan fingerprint density at radius 2 is 2.13 bits per heavy atom. The number of benzene rings is 1.